The molecule has 220 valence electrons. The Morgan fingerprint density at radius 1 is 0.976 bits per heavy atom. The van der Waals surface area contributed by atoms with Gasteiger partial charge in [0.15, 0.2) is 9.75 Å². The minimum atomic E-state index is -2.14. The molecule has 3 fully saturated rings. The van der Waals surface area contributed by atoms with E-state index in [2.05, 4.69) is 0 Å². The van der Waals surface area contributed by atoms with Gasteiger partial charge in [0, 0.05) is 17.0 Å². The molecule has 2 aromatic carbocycles. The maximum atomic E-state index is 14.3. The maximum Gasteiger partial charge on any atom is 0.258 e. The lowest BCUT2D eigenvalue weighted by Crippen LogP contribution is -2.60. The lowest BCUT2D eigenvalue weighted by molar-refractivity contribution is -0.145. The number of likely N-dealkylation sites (tertiary alicyclic amines) is 1. The van der Waals surface area contributed by atoms with Gasteiger partial charge in [0.05, 0.1) is 24.6 Å². The van der Waals surface area contributed by atoms with Gasteiger partial charge in [0.1, 0.15) is 17.3 Å². The number of rotatable bonds is 3. The summed E-state index contributed by atoms with van der Waals surface area (Å²) in [5.41, 5.74) is 0.0360. The smallest absolute Gasteiger partial charge is 0.258 e. The summed E-state index contributed by atoms with van der Waals surface area (Å²) < 4.78 is 19.2. The second-order valence-corrected chi connectivity index (χ2v) is 13.6. The van der Waals surface area contributed by atoms with Gasteiger partial charge >= 0.3 is 0 Å². The van der Waals surface area contributed by atoms with Crippen LogP contribution >= 0.6 is 23.2 Å². The molecule has 4 aliphatic rings. The molecule has 2 saturated heterocycles. The van der Waals surface area contributed by atoms with E-state index >= 15 is 0 Å². The van der Waals surface area contributed by atoms with Crippen molar-refractivity contribution in [2.45, 2.75) is 54.8 Å². The van der Waals surface area contributed by atoms with Crippen LogP contribution in [0.15, 0.2) is 54.1 Å². The number of ether oxygens (including phenoxy) is 1. The molecule has 2 heterocycles. The Labute approximate surface area is 252 Å². The molecule has 0 bridgehead atoms. The summed E-state index contributed by atoms with van der Waals surface area (Å²) in [5, 5.41) is 11.1. The number of anilines is 1. The average molecular weight is 615 g/mol. The standard InChI is InChI=1S/C31H29Cl2FN2O6/c1-29(2,3)36-25(38)19-11-10-18-21(23(19)26(36)39)14-30(32)27(40)35(16-7-5-15(34)6-8-16)28(41)31(30,33)24(18)20-13-17(42-4)9-12-22(20)37/h5-10,12-13,19,21,23-24,37H,11,14H2,1-4H3/t19-,21+,23-,24+,30+,31-/m0/s1. The van der Waals surface area contributed by atoms with Crippen molar-refractivity contribution in [3.63, 3.8) is 0 Å². The van der Waals surface area contributed by atoms with Crippen molar-refractivity contribution in [1.82, 2.24) is 4.90 Å². The van der Waals surface area contributed by atoms with Crippen LogP contribution in [0, 0.1) is 23.6 Å². The lowest BCUT2D eigenvalue weighted by Gasteiger charge is -2.50. The predicted octanol–water partition coefficient (Wildman–Crippen LogP) is 4.90. The molecule has 2 aromatic rings. The Hall–Kier alpha value is -3.43. The first-order chi connectivity index (χ1) is 19.7. The predicted molar refractivity (Wildman–Crippen MR) is 153 cm³/mol. The minimum absolute atomic E-state index is 0.0790. The summed E-state index contributed by atoms with van der Waals surface area (Å²) in [6.07, 6.45) is 1.80. The number of allylic oxidation sites excluding steroid dienone is 2. The molecule has 6 rings (SSSR count). The molecule has 0 aromatic heterocycles. The normalized spacial score (nSPS) is 32.5. The van der Waals surface area contributed by atoms with E-state index in [1.54, 1.807) is 26.8 Å². The van der Waals surface area contributed by atoms with Gasteiger partial charge in [-0.05, 0) is 82.0 Å². The number of methoxy groups -OCH3 is 1. The molecule has 6 atom stereocenters. The van der Waals surface area contributed by atoms with E-state index in [0.29, 0.717) is 11.3 Å². The third kappa shape index (κ3) is 3.65. The Morgan fingerprint density at radius 3 is 2.26 bits per heavy atom. The average Bonchev–Trinajstić information content (AvgIpc) is 3.28. The van der Waals surface area contributed by atoms with E-state index in [4.69, 9.17) is 27.9 Å². The number of fused-ring (bicyclic) bond motifs is 4. The number of aromatic hydroxyl groups is 1. The molecule has 42 heavy (non-hydrogen) atoms. The van der Waals surface area contributed by atoms with Crippen molar-refractivity contribution in [3.05, 3.63) is 65.5 Å². The van der Waals surface area contributed by atoms with Gasteiger partial charge in [-0.3, -0.25) is 24.1 Å². The van der Waals surface area contributed by atoms with Crippen molar-refractivity contribution in [2.75, 3.05) is 12.0 Å². The van der Waals surface area contributed by atoms with Crippen molar-refractivity contribution < 1.29 is 33.4 Å². The molecular formula is C31H29Cl2FN2O6. The SMILES string of the molecule is COc1ccc(O)c([C@H]2C3=CC[C@@H]4C(=O)N(C(C)(C)C)C(=O)[C@@H]4[C@@H]3C[C@@]3(Cl)C(=O)N(c4ccc(F)cc4)C(=O)[C@@]23Cl)c1. The number of alkyl halides is 2. The van der Waals surface area contributed by atoms with Crippen molar-refractivity contribution >= 4 is 52.5 Å². The van der Waals surface area contributed by atoms with Crippen molar-refractivity contribution in [1.29, 1.82) is 0 Å². The van der Waals surface area contributed by atoms with Gasteiger partial charge in [-0.25, -0.2) is 9.29 Å². The van der Waals surface area contributed by atoms with E-state index in [-0.39, 0.29) is 41.7 Å². The number of phenols is 1. The summed E-state index contributed by atoms with van der Waals surface area (Å²) >= 11 is 14.6. The zero-order valence-corrected chi connectivity index (χ0v) is 24.9. The maximum absolute atomic E-state index is 14.3. The largest absolute Gasteiger partial charge is 0.508 e. The van der Waals surface area contributed by atoms with Crippen LogP contribution in [-0.2, 0) is 19.2 Å². The van der Waals surface area contributed by atoms with Crippen LogP contribution in [0.25, 0.3) is 0 Å². The van der Waals surface area contributed by atoms with Gasteiger partial charge in [-0.1, -0.05) is 11.6 Å². The number of nitrogens with zero attached hydrogens (tertiary/aromatic N) is 2. The van der Waals surface area contributed by atoms with E-state index in [1.165, 1.54) is 42.3 Å². The summed E-state index contributed by atoms with van der Waals surface area (Å²) in [6, 6.07) is 9.24. The summed E-state index contributed by atoms with van der Waals surface area (Å²) in [5.74, 6) is -6.18. The second-order valence-electron chi connectivity index (χ2n) is 12.4. The van der Waals surface area contributed by atoms with Crippen LogP contribution in [0.3, 0.4) is 0 Å². The third-order valence-electron chi connectivity index (χ3n) is 9.11. The third-order valence-corrected chi connectivity index (χ3v) is 10.5. The van der Waals surface area contributed by atoms with Crippen molar-refractivity contribution in [2.24, 2.45) is 17.8 Å². The molecule has 11 heteroatoms. The molecule has 0 unspecified atom stereocenters. The highest BCUT2D eigenvalue weighted by atomic mass is 35.5. The van der Waals surface area contributed by atoms with Crippen LogP contribution in [0.5, 0.6) is 11.5 Å². The van der Waals surface area contributed by atoms with Crippen LogP contribution in [0.2, 0.25) is 0 Å². The monoisotopic (exact) mass is 614 g/mol. The highest BCUT2D eigenvalue weighted by molar-refractivity contribution is 6.58. The topological polar surface area (TPSA) is 104 Å². The van der Waals surface area contributed by atoms with Crippen molar-refractivity contribution in [3.8, 4) is 11.5 Å². The molecule has 1 saturated carbocycles. The van der Waals surface area contributed by atoms with Gasteiger partial charge < -0.3 is 9.84 Å². The van der Waals surface area contributed by atoms with Crippen LogP contribution in [0.4, 0.5) is 10.1 Å². The number of carbonyl (C=O) groups is 4. The first-order valence-electron chi connectivity index (χ1n) is 13.6. The van der Waals surface area contributed by atoms with E-state index in [0.717, 1.165) is 17.0 Å². The summed E-state index contributed by atoms with van der Waals surface area (Å²) in [7, 11) is 1.44. The summed E-state index contributed by atoms with van der Waals surface area (Å²) in [4.78, 5) is 53.9. The number of benzene rings is 2. The number of amides is 4. The molecule has 4 amide bonds. The molecule has 0 radical (unpaired) electrons. The number of phenolic OH excluding ortho intramolecular Hbond substituents is 1. The zero-order chi connectivity index (χ0) is 30.5. The number of hydrogen-bond acceptors (Lipinski definition) is 6. The molecule has 2 aliphatic carbocycles. The molecular weight excluding hydrogens is 586 g/mol. The fourth-order valence-corrected chi connectivity index (χ4v) is 8.22. The Bertz CT molecular complexity index is 1590. The molecule has 8 nitrogen and oxygen atoms in total. The summed E-state index contributed by atoms with van der Waals surface area (Å²) in [6.45, 7) is 5.33. The second kappa shape index (κ2) is 9.28. The molecule has 1 N–H and O–H groups in total. The highest BCUT2D eigenvalue weighted by Gasteiger charge is 2.77. The first kappa shape index (κ1) is 28.7. The molecule has 0 spiro atoms. The fraction of sp³-hybridized carbons (Fsp3) is 0.419. The number of imide groups is 2. The Morgan fingerprint density at radius 2 is 1.64 bits per heavy atom. The quantitative estimate of drug-likeness (QED) is 0.299. The first-order valence-corrected chi connectivity index (χ1v) is 14.4. The van der Waals surface area contributed by atoms with Gasteiger partial charge in [0.2, 0.25) is 11.8 Å². The van der Waals surface area contributed by atoms with E-state index < -0.39 is 56.6 Å². The number of carbonyl (C=O) groups excluding carboxylic acids is 4. The van der Waals surface area contributed by atoms with Gasteiger partial charge in [-0.2, -0.15) is 0 Å². The van der Waals surface area contributed by atoms with E-state index in [1.807, 2.05) is 0 Å². The Kier molecular flexibility index (Phi) is 6.34. The van der Waals surface area contributed by atoms with E-state index in [9.17, 15) is 28.7 Å². The number of halogens is 3. The molecule has 2 aliphatic heterocycles. The lowest BCUT2D eigenvalue weighted by atomic mass is 9.56. The fourth-order valence-electron chi connectivity index (χ4n) is 7.30. The number of hydrogen-bond donors (Lipinski definition) is 1. The van der Waals surface area contributed by atoms with Gasteiger partial charge in [-0.15, -0.1) is 23.2 Å². The highest BCUT2D eigenvalue weighted by Crippen LogP contribution is 2.66. The minimum Gasteiger partial charge on any atom is -0.508 e. The van der Waals surface area contributed by atoms with Gasteiger partial charge in [0.25, 0.3) is 11.8 Å². The van der Waals surface area contributed by atoms with Crippen LogP contribution in [-0.4, -0.2) is 56.0 Å². The Balaban J connectivity index is 1.58. The van der Waals surface area contributed by atoms with Crippen LogP contribution < -0.4 is 9.64 Å². The van der Waals surface area contributed by atoms with Crippen LogP contribution in [0.1, 0.15) is 45.1 Å². The zero-order valence-electron chi connectivity index (χ0n) is 23.4.